The molecule has 0 N–H and O–H groups in total. The van der Waals surface area contributed by atoms with E-state index in [0.717, 1.165) is 0 Å². The molecule has 1 aromatic carbocycles. The fraction of sp³-hybridized carbons (Fsp3) is 0.286. The lowest BCUT2D eigenvalue weighted by Crippen LogP contribution is -2.47. The van der Waals surface area contributed by atoms with Crippen molar-refractivity contribution in [2.24, 2.45) is 0 Å². The van der Waals surface area contributed by atoms with Crippen molar-refractivity contribution in [3.8, 4) is 0 Å². The molecule has 0 atom stereocenters. The molecule has 0 aliphatic carbocycles. The SMILES string of the molecule is Fc1cc(N2CCN(c3ccccc3F)CC2)ncn1. The molecule has 1 aromatic heterocycles. The van der Waals surface area contributed by atoms with Crippen LogP contribution < -0.4 is 9.80 Å². The summed E-state index contributed by atoms with van der Waals surface area (Å²) >= 11 is 0. The van der Waals surface area contributed by atoms with Gasteiger partial charge < -0.3 is 9.80 Å². The van der Waals surface area contributed by atoms with Crippen LogP contribution in [0, 0.1) is 11.8 Å². The fourth-order valence-corrected chi connectivity index (χ4v) is 2.38. The zero-order valence-corrected chi connectivity index (χ0v) is 10.8. The number of nitrogens with zero attached hydrogens (tertiary/aromatic N) is 4. The van der Waals surface area contributed by atoms with Gasteiger partial charge >= 0.3 is 0 Å². The highest BCUT2D eigenvalue weighted by Crippen LogP contribution is 2.21. The highest BCUT2D eigenvalue weighted by atomic mass is 19.1. The summed E-state index contributed by atoms with van der Waals surface area (Å²) in [6, 6.07) is 8.05. The van der Waals surface area contributed by atoms with Gasteiger partial charge in [-0.2, -0.15) is 4.39 Å². The Hall–Kier alpha value is -2.24. The van der Waals surface area contributed by atoms with E-state index in [4.69, 9.17) is 0 Å². The Labute approximate surface area is 115 Å². The van der Waals surface area contributed by atoms with Gasteiger partial charge in [-0.05, 0) is 12.1 Å². The Morgan fingerprint density at radius 2 is 1.60 bits per heavy atom. The van der Waals surface area contributed by atoms with Crippen molar-refractivity contribution in [1.29, 1.82) is 0 Å². The summed E-state index contributed by atoms with van der Waals surface area (Å²) in [4.78, 5) is 11.5. The van der Waals surface area contributed by atoms with E-state index in [1.165, 1.54) is 18.5 Å². The number of hydrogen-bond donors (Lipinski definition) is 0. The van der Waals surface area contributed by atoms with Crippen LogP contribution in [0.3, 0.4) is 0 Å². The van der Waals surface area contributed by atoms with E-state index in [0.29, 0.717) is 37.7 Å². The topological polar surface area (TPSA) is 32.3 Å². The summed E-state index contributed by atoms with van der Waals surface area (Å²) in [5.74, 6) is -0.175. The largest absolute Gasteiger partial charge is 0.366 e. The molecule has 2 aromatic rings. The van der Waals surface area contributed by atoms with E-state index in [1.807, 2.05) is 15.9 Å². The van der Waals surface area contributed by atoms with Gasteiger partial charge in [0.2, 0.25) is 5.95 Å². The molecule has 4 nitrogen and oxygen atoms in total. The van der Waals surface area contributed by atoms with Gasteiger partial charge in [0.15, 0.2) is 0 Å². The van der Waals surface area contributed by atoms with Crippen molar-refractivity contribution in [2.45, 2.75) is 0 Å². The Bertz CT molecular complexity index is 597. The van der Waals surface area contributed by atoms with Gasteiger partial charge in [-0.15, -0.1) is 0 Å². The number of aromatic nitrogens is 2. The summed E-state index contributed by atoms with van der Waals surface area (Å²) in [6.07, 6.45) is 1.22. The predicted molar refractivity (Wildman–Crippen MR) is 72.8 cm³/mol. The van der Waals surface area contributed by atoms with Crippen LogP contribution in [0.15, 0.2) is 36.7 Å². The molecule has 1 aliphatic heterocycles. The summed E-state index contributed by atoms with van der Waals surface area (Å²) < 4.78 is 26.8. The molecule has 1 fully saturated rings. The highest BCUT2D eigenvalue weighted by Gasteiger charge is 2.20. The summed E-state index contributed by atoms with van der Waals surface area (Å²) in [5.41, 5.74) is 0.612. The van der Waals surface area contributed by atoms with Gasteiger partial charge in [0, 0.05) is 32.2 Å². The molecule has 1 aliphatic rings. The lowest BCUT2D eigenvalue weighted by atomic mass is 10.2. The van der Waals surface area contributed by atoms with Crippen LogP contribution in [0.2, 0.25) is 0 Å². The molecular formula is C14H14F2N4. The quantitative estimate of drug-likeness (QED) is 0.786. The van der Waals surface area contributed by atoms with E-state index >= 15 is 0 Å². The Morgan fingerprint density at radius 1 is 0.900 bits per heavy atom. The van der Waals surface area contributed by atoms with Crippen LogP contribution >= 0.6 is 0 Å². The lowest BCUT2D eigenvalue weighted by Gasteiger charge is -2.36. The first kappa shape index (κ1) is 12.8. The number of rotatable bonds is 2. The first-order valence-electron chi connectivity index (χ1n) is 6.46. The number of hydrogen-bond acceptors (Lipinski definition) is 4. The highest BCUT2D eigenvalue weighted by molar-refractivity contribution is 5.50. The maximum atomic E-state index is 13.7. The summed E-state index contributed by atoms with van der Waals surface area (Å²) in [5, 5.41) is 0. The number of benzene rings is 1. The van der Waals surface area contributed by atoms with Crippen molar-refractivity contribution in [3.05, 3.63) is 48.4 Å². The second kappa shape index (κ2) is 5.40. The van der Waals surface area contributed by atoms with Crippen molar-refractivity contribution in [1.82, 2.24) is 9.97 Å². The number of piperazine rings is 1. The maximum Gasteiger partial charge on any atom is 0.218 e. The molecule has 0 radical (unpaired) electrons. The minimum atomic E-state index is -0.536. The average Bonchev–Trinajstić information content (AvgIpc) is 2.48. The third kappa shape index (κ3) is 2.54. The fourth-order valence-electron chi connectivity index (χ4n) is 2.38. The molecule has 0 bridgehead atoms. The van der Waals surface area contributed by atoms with Gasteiger partial charge in [0.25, 0.3) is 0 Å². The maximum absolute atomic E-state index is 13.7. The second-order valence-electron chi connectivity index (χ2n) is 4.62. The van der Waals surface area contributed by atoms with Crippen molar-refractivity contribution in [3.63, 3.8) is 0 Å². The monoisotopic (exact) mass is 276 g/mol. The predicted octanol–water partition coefficient (Wildman–Crippen LogP) is 2.08. The first-order chi connectivity index (χ1) is 9.74. The third-order valence-electron chi connectivity index (χ3n) is 3.42. The molecule has 0 amide bonds. The van der Waals surface area contributed by atoms with Crippen molar-refractivity contribution < 1.29 is 8.78 Å². The van der Waals surface area contributed by atoms with Crippen molar-refractivity contribution in [2.75, 3.05) is 36.0 Å². The standard InChI is InChI=1S/C14H14F2N4/c15-11-3-1-2-4-12(11)19-5-7-20(8-6-19)14-9-13(16)17-10-18-14/h1-4,9-10H,5-8H2. The summed E-state index contributed by atoms with van der Waals surface area (Å²) in [6.45, 7) is 2.69. The van der Waals surface area contributed by atoms with Gasteiger partial charge in [-0.1, -0.05) is 12.1 Å². The minimum absolute atomic E-state index is 0.214. The van der Waals surface area contributed by atoms with E-state index in [2.05, 4.69) is 9.97 Å². The van der Waals surface area contributed by atoms with E-state index < -0.39 is 5.95 Å². The normalized spacial score (nSPS) is 15.5. The van der Waals surface area contributed by atoms with Gasteiger partial charge in [0.1, 0.15) is 18.0 Å². The van der Waals surface area contributed by atoms with Crippen LogP contribution in [-0.2, 0) is 0 Å². The van der Waals surface area contributed by atoms with Crippen LogP contribution in [0.5, 0.6) is 0 Å². The first-order valence-corrected chi connectivity index (χ1v) is 6.46. The molecule has 1 saturated heterocycles. The van der Waals surface area contributed by atoms with E-state index in [9.17, 15) is 8.78 Å². The molecule has 0 saturated carbocycles. The van der Waals surface area contributed by atoms with Crippen LogP contribution in [-0.4, -0.2) is 36.1 Å². The Balaban J connectivity index is 1.70. The Morgan fingerprint density at radius 3 is 2.30 bits per heavy atom. The zero-order chi connectivity index (χ0) is 13.9. The molecular weight excluding hydrogens is 262 g/mol. The lowest BCUT2D eigenvalue weighted by molar-refractivity contribution is 0.571. The van der Waals surface area contributed by atoms with Crippen LogP contribution in [0.25, 0.3) is 0 Å². The molecule has 0 spiro atoms. The third-order valence-corrected chi connectivity index (χ3v) is 3.42. The number of anilines is 2. The van der Waals surface area contributed by atoms with E-state index in [1.54, 1.807) is 12.1 Å². The van der Waals surface area contributed by atoms with Gasteiger partial charge in [0.05, 0.1) is 5.69 Å². The van der Waals surface area contributed by atoms with Crippen LogP contribution in [0.1, 0.15) is 0 Å². The second-order valence-corrected chi connectivity index (χ2v) is 4.62. The summed E-state index contributed by atoms with van der Waals surface area (Å²) in [7, 11) is 0. The number of para-hydroxylation sites is 1. The molecule has 2 heterocycles. The molecule has 3 rings (SSSR count). The number of halogens is 2. The smallest absolute Gasteiger partial charge is 0.218 e. The van der Waals surface area contributed by atoms with Gasteiger partial charge in [-0.25, -0.2) is 14.4 Å². The zero-order valence-electron chi connectivity index (χ0n) is 10.8. The van der Waals surface area contributed by atoms with E-state index in [-0.39, 0.29) is 5.82 Å². The van der Waals surface area contributed by atoms with Gasteiger partial charge in [-0.3, -0.25) is 0 Å². The minimum Gasteiger partial charge on any atom is -0.366 e. The molecule has 0 unspecified atom stereocenters. The Kier molecular flexibility index (Phi) is 3.45. The van der Waals surface area contributed by atoms with Crippen LogP contribution in [0.4, 0.5) is 20.3 Å². The molecule has 6 heteroatoms. The van der Waals surface area contributed by atoms with Crippen molar-refractivity contribution >= 4 is 11.5 Å². The average molecular weight is 276 g/mol. The molecule has 20 heavy (non-hydrogen) atoms. The molecule has 104 valence electrons.